The quantitative estimate of drug-likeness (QED) is 0.879. The monoisotopic (exact) mass is 277 g/mol. The van der Waals surface area contributed by atoms with Crippen molar-refractivity contribution in [2.45, 2.75) is 44.7 Å². The van der Waals surface area contributed by atoms with Gasteiger partial charge in [-0.3, -0.25) is 9.48 Å². The minimum Gasteiger partial charge on any atom is -0.342 e. The van der Waals surface area contributed by atoms with Gasteiger partial charge in [-0.2, -0.15) is 5.10 Å². The van der Waals surface area contributed by atoms with Crippen LogP contribution in [0.2, 0.25) is 0 Å². The third-order valence-electron chi connectivity index (χ3n) is 4.56. The lowest BCUT2D eigenvalue weighted by Gasteiger charge is -2.34. The number of likely N-dealkylation sites (tertiary alicyclic amines) is 1. The van der Waals surface area contributed by atoms with Crippen molar-refractivity contribution in [3.8, 4) is 0 Å². The molecule has 3 rings (SSSR count). The molecule has 1 aromatic heterocycles. The molecular weight excluding hydrogens is 254 g/mol. The van der Waals surface area contributed by atoms with E-state index in [1.807, 2.05) is 9.58 Å². The highest BCUT2D eigenvalue weighted by Crippen LogP contribution is 2.28. The number of hydrogen-bond donors (Lipinski definition) is 1. The second kappa shape index (κ2) is 5.91. The molecule has 0 aromatic carbocycles. The highest BCUT2D eigenvalue weighted by molar-refractivity contribution is 5.79. The van der Waals surface area contributed by atoms with Crippen LogP contribution in [0.5, 0.6) is 0 Å². The molecule has 0 unspecified atom stereocenters. The topological polar surface area (TPSA) is 77.0 Å². The van der Waals surface area contributed by atoms with E-state index in [4.69, 9.17) is 5.73 Å². The predicted molar refractivity (Wildman–Crippen MR) is 74.6 cm³/mol. The number of nitrogens with two attached hydrogens (primary N) is 1. The normalized spacial score (nSPS) is 30.6. The van der Waals surface area contributed by atoms with E-state index in [1.54, 1.807) is 12.7 Å². The van der Waals surface area contributed by atoms with Crippen molar-refractivity contribution in [2.75, 3.05) is 13.1 Å². The van der Waals surface area contributed by atoms with E-state index in [9.17, 15) is 4.79 Å². The Morgan fingerprint density at radius 3 is 2.95 bits per heavy atom. The summed E-state index contributed by atoms with van der Waals surface area (Å²) in [6.07, 6.45) is 8.38. The summed E-state index contributed by atoms with van der Waals surface area (Å²) in [4.78, 5) is 18.5. The van der Waals surface area contributed by atoms with Gasteiger partial charge in [0, 0.05) is 31.6 Å². The Kier molecular flexibility index (Phi) is 4.00. The molecule has 0 radical (unpaired) electrons. The van der Waals surface area contributed by atoms with Gasteiger partial charge < -0.3 is 10.6 Å². The lowest BCUT2D eigenvalue weighted by molar-refractivity contribution is -0.137. The summed E-state index contributed by atoms with van der Waals surface area (Å²) in [5, 5.41) is 4.15. The molecule has 1 aliphatic carbocycles. The first-order valence-corrected chi connectivity index (χ1v) is 7.59. The van der Waals surface area contributed by atoms with Gasteiger partial charge >= 0.3 is 0 Å². The summed E-state index contributed by atoms with van der Waals surface area (Å²) in [5.74, 6) is 0.973. The van der Waals surface area contributed by atoms with Gasteiger partial charge in [-0.1, -0.05) is 0 Å². The number of piperidine rings is 1. The molecule has 0 spiro atoms. The van der Waals surface area contributed by atoms with Crippen LogP contribution in [0.4, 0.5) is 0 Å². The molecule has 1 aromatic rings. The van der Waals surface area contributed by atoms with Crippen LogP contribution in [-0.2, 0) is 11.3 Å². The minimum atomic E-state index is 0.162. The Morgan fingerprint density at radius 1 is 1.35 bits per heavy atom. The van der Waals surface area contributed by atoms with E-state index >= 15 is 0 Å². The van der Waals surface area contributed by atoms with Crippen molar-refractivity contribution in [1.82, 2.24) is 19.7 Å². The molecule has 2 N–H and O–H groups in total. The average Bonchev–Trinajstić information content (AvgIpc) is 3.10. The Labute approximate surface area is 119 Å². The fourth-order valence-corrected chi connectivity index (χ4v) is 3.50. The third-order valence-corrected chi connectivity index (χ3v) is 4.56. The number of nitrogens with zero attached hydrogens (tertiary/aromatic N) is 4. The van der Waals surface area contributed by atoms with E-state index in [-0.39, 0.29) is 12.0 Å². The summed E-state index contributed by atoms with van der Waals surface area (Å²) in [5.41, 5.74) is 5.92. The maximum atomic E-state index is 12.5. The summed E-state index contributed by atoms with van der Waals surface area (Å²) in [6, 6.07) is 0.222. The van der Waals surface area contributed by atoms with E-state index in [0.29, 0.717) is 11.8 Å². The molecule has 1 aliphatic heterocycles. The van der Waals surface area contributed by atoms with Gasteiger partial charge in [0.2, 0.25) is 5.91 Å². The van der Waals surface area contributed by atoms with Crippen molar-refractivity contribution < 1.29 is 4.79 Å². The van der Waals surface area contributed by atoms with Crippen LogP contribution in [0.3, 0.4) is 0 Å². The molecule has 20 heavy (non-hydrogen) atoms. The maximum absolute atomic E-state index is 12.5. The average molecular weight is 277 g/mol. The van der Waals surface area contributed by atoms with Crippen molar-refractivity contribution in [3.63, 3.8) is 0 Å². The van der Waals surface area contributed by atoms with Crippen molar-refractivity contribution in [1.29, 1.82) is 0 Å². The first-order chi connectivity index (χ1) is 9.72. The van der Waals surface area contributed by atoms with Gasteiger partial charge in [0.15, 0.2) is 0 Å². The molecule has 0 bridgehead atoms. The maximum Gasteiger partial charge on any atom is 0.225 e. The number of aromatic nitrogens is 3. The van der Waals surface area contributed by atoms with Crippen LogP contribution in [0.25, 0.3) is 0 Å². The molecule has 6 nitrogen and oxygen atoms in total. The van der Waals surface area contributed by atoms with Gasteiger partial charge in [0.25, 0.3) is 0 Å². The Bertz CT molecular complexity index is 446. The van der Waals surface area contributed by atoms with E-state index in [0.717, 1.165) is 51.7 Å². The molecular formula is C14H23N5O. The molecule has 110 valence electrons. The molecule has 6 heteroatoms. The summed E-state index contributed by atoms with van der Waals surface area (Å²) in [7, 11) is 0. The van der Waals surface area contributed by atoms with Gasteiger partial charge in [-0.05, 0) is 38.0 Å². The van der Waals surface area contributed by atoms with Crippen LogP contribution in [0, 0.1) is 11.8 Å². The molecule has 2 fully saturated rings. The number of carbonyl (C=O) groups excluding carboxylic acids is 1. The van der Waals surface area contributed by atoms with Gasteiger partial charge in [-0.25, -0.2) is 4.98 Å². The first-order valence-electron chi connectivity index (χ1n) is 7.59. The molecule has 1 amide bonds. The van der Waals surface area contributed by atoms with Crippen molar-refractivity contribution >= 4 is 5.91 Å². The largest absolute Gasteiger partial charge is 0.342 e. The van der Waals surface area contributed by atoms with Gasteiger partial charge in [0.05, 0.1) is 0 Å². The summed E-state index contributed by atoms with van der Waals surface area (Å²) in [6.45, 7) is 2.61. The highest BCUT2D eigenvalue weighted by atomic mass is 16.2. The zero-order valence-electron chi connectivity index (χ0n) is 11.8. The van der Waals surface area contributed by atoms with Crippen LogP contribution in [0.1, 0.15) is 32.1 Å². The third kappa shape index (κ3) is 3.00. The molecule has 2 heterocycles. The Balaban J connectivity index is 1.56. The number of rotatable bonds is 3. The Hall–Kier alpha value is -1.43. The first kappa shape index (κ1) is 13.5. The zero-order valence-corrected chi connectivity index (χ0v) is 11.8. The molecule has 1 saturated heterocycles. The summed E-state index contributed by atoms with van der Waals surface area (Å²) >= 11 is 0. The number of amides is 1. The molecule has 3 atom stereocenters. The zero-order chi connectivity index (χ0) is 13.9. The van der Waals surface area contributed by atoms with Crippen LogP contribution >= 0.6 is 0 Å². The predicted octanol–water partition coefficient (Wildman–Crippen LogP) is 0.644. The fraction of sp³-hybridized carbons (Fsp3) is 0.786. The van der Waals surface area contributed by atoms with Gasteiger partial charge in [0.1, 0.15) is 12.7 Å². The SMILES string of the molecule is N[C@@H]1CC[C@@H](C(=O)N2CCC[C@H](Cn3cncn3)C2)C1. The number of hydrogen-bond acceptors (Lipinski definition) is 4. The standard InChI is InChI=1S/C14H23N5O/c15-13-4-3-12(6-13)14(20)18-5-1-2-11(7-18)8-19-10-16-9-17-19/h9-13H,1-8,15H2/t11-,12+,13+/m0/s1. The van der Waals surface area contributed by atoms with E-state index in [1.165, 1.54) is 0 Å². The second-order valence-electron chi connectivity index (χ2n) is 6.18. The summed E-state index contributed by atoms with van der Waals surface area (Å²) < 4.78 is 1.87. The number of carbonyl (C=O) groups is 1. The van der Waals surface area contributed by atoms with Crippen molar-refractivity contribution in [2.24, 2.45) is 17.6 Å². The molecule has 2 aliphatic rings. The van der Waals surface area contributed by atoms with Crippen molar-refractivity contribution in [3.05, 3.63) is 12.7 Å². The Morgan fingerprint density at radius 2 is 2.25 bits per heavy atom. The van der Waals surface area contributed by atoms with Crippen LogP contribution < -0.4 is 5.73 Å². The van der Waals surface area contributed by atoms with E-state index in [2.05, 4.69) is 10.1 Å². The van der Waals surface area contributed by atoms with E-state index < -0.39 is 0 Å². The van der Waals surface area contributed by atoms with Gasteiger partial charge in [-0.15, -0.1) is 0 Å². The smallest absolute Gasteiger partial charge is 0.225 e. The van der Waals surface area contributed by atoms with Crippen LogP contribution in [0.15, 0.2) is 12.7 Å². The second-order valence-corrected chi connectivity index (χ2v) is 6.18. The lowest BCUT2D eigenvalue weighted by atomic mass is 9.96. The minimum absolute atomic E-state index is 0.162. The fourth-order valence-electron chi connectivity index (χ4n) is 3.50. The highest BCUT2D eigenvalue weighted by Gasteiger charge is 2.33. The lowest BCUT2D eigenvalue weighted by Crippen LogP contribution is -2.43. The molecule has 1 saturated carbocycles. The van der Waals surface area contributed by atoms with Crippen LogP contribution in [-0.4, -0.2) is 44.7 Å².